The Morgan fingerprint density at radius 3 is 2.50 bits per heavy atom. The third-order valence-electron chi connectivity index (χ3n) is 3.59. The fourth-order valence-corrected chi connectivity index (χ4v) is 3.98. The van der Waals surface area contributed by atoms with Crippen molar-refractivity contribution in [3.8, 4) is 0 Å². The van der Waals surface area contributed by atoms with Gasteiger partial charge >= 0.3 is 0 Å². The standard InChI is InChI=1S/C14H15BrClFN4S.C2H4/c1-2-22-14-18-10-8(11(15)19-12(16)9(10)17)13(20-14)21-6-4-3-5-7-21;1-2/h2-7H2,1H3;1-2H2. The SMILES string of the molecule is C=C.CCSc1nc(N2CCCCC2)c2c(Br)nc(Cl)c(F)c2n1. The molecular formula is C16H19BrClFN4S. The molecule has 1 saturated heterocycles. The lowest BCUT2D eigenvalue weighted by atomic mass is 10.1. The number of hydrogen-bond donors (Lipinski definition) is 0. The van der Waals surface area contributed by atoms with Crippen molar-refractivity contribution in [1.82, 2.24) is 15.0 Å². The lowest BCUT2D eigenvalue weighted by molar-refractivity contribution is 0.572. The van der Waals surface area contributed by atoms with Gasteiger partial charge in [-0.25, -0.2) is 19.3 Å². The van der Waals surface area contributed by atoms with E-state index in [4.69, 9.17) is 11.6 Å². The molecule has 0 aromatic carbocycles. The highest BCUT2D eigenvalue weighted by Gasteiger charge is 2.23. The first-order valence-electron chi connectivity index (χ1n) is 7.71. The number of hydrogen-bond acceptors (Lipinski definition) is 5. The number of rotatable bonds is 3. The summed E-state index contributed by atoms with van der Waals surface area (Å²) < 4.78 is 14.9. The Labute approximate surface area is 159 Å². The minimum atomic E-state index is -0.585. The molecule has 3 heterocycles. The van der Waals surface area contributed by atoms with Crippen molar-refractivity contribution in [3.05, 3.63) is 28.7 Å². The molecule has 1 fully saturated rings. The van der Waals surface area contributed by atoms with Crippen molar-refractivity contribution in [1.29, 1.82) is 0 Å². The van der Waals surface area contributed by atoms with Gasteiger partial charge in [-0.15, -0.1) is 13.2 Å². The average Bonchev–Trinajstić information content (AvgIpc) is 2.62. The lowest BCUT2D eigenvalue weighted by Crippen LogP contribution is -2.30. The van der Waals surface area contributed by atoms with E-state index in [0.29, 0.717) is 15.1 Å². The smallest absolute Gasteiger partial charge is 0.190 e. The highest BCUT2D eigenvalue weighted by molar-refractivity contribution is 9.10. The molecule has 130 valence electrons. The highest BCUT2D eigenvalue weighted by atomic mass is 79.9. The first-order chi connectivity index (χ1) is 11.6. The maximum absolute atomic E-state index is 14.4. The van der Waals surface area contributed by atoms with Gasteiger partial charge in [0.1, 0.15) is 15.9 Å². The van der Waals surface area contributed by atoms with Crippen LogP contribution in [0.4, 0.5) is 10.2 Å². The second kappa shape index (κ2) is 8.97. The van der Waals surface area contributed by atoms with Crippen LogP contribution in [0.15, 0.2) is 22.9 Å². The second-order valence-corrected chi connectivity index (χ2v) is 7.38. The maximum Gasteiger partial charge on any atom is 0.190 e. The fraction of sp³-hybridized carbons (Fsp3) is 0.438. The molecule has 0 N–H and O–H groups in total. The summed E-state index contributed by atoms with van der Waals surface area (Å²) in [5.74, 6) is 0.987. The van der Waals surface area contributed by atoms with Gasteiger partial charge in [0.2, 0.25) is 0 Å². The molecule has 0 atom stereocenters. The van der Waals surface area contributed by atoms with Crippen LogP contribution in [-0.2, 0) is 0 Å². The van der Waals surface area contributed by atoms with Crippen LogP contribution in [-0.4, -0.2) is 33.8 Å². The number of thioether (sulfide) groups is 1. The van der Waals surface area contributed by atoms with Crippen LogP contribution < -0.4 is 4.90 Å². The van der Waals surface area contributed by atoms with Gasteiger partial charge in [0.15, 0.2) is 16.1 Å². The highest BCUT2D eigenvalue weighted by Crippen LogP contribution is 2.36. The first-order valence-corrected chi connectivity index (χ1v) is 9.87. The number of anilines is 1. The Hall–Kier alpha value is -0.920. The topological polar surface area (TPSA) is 41.9 Å². The van der Waals surface area contributed by atoms with Crippen LogP contribution in [0.25, 0.3) is 10.9 Å². The number of nitrogens with zero attached hydrogens (tertiary/aromatic N) is 4. The third-order valence-corrected chi connectivity index (χ3v) is 5.14. The number of piperidine rings is 1. The number of fused-ring (bicyclic) bond motifs is 1. The Balaban J connectivity index is 0.00000100. The zero-order chi connectivity index (χ0) is 17.7. The van der Waals surface area contributed by atoms with E-state index in [1.54, 1.807) is 0 Å². The third kappa shape index (κ3) is 4.00. The summed E-state index contributed by atoms with van der Waals surface area (Å²) in [6, 6.07) is 0. The Morgan fingerprint density at radius 2 is 1.88 bits per heavy atom. The van der Waals surface area contributed by atoms with Crippen LogP contribution in [0.1, 0.15) is 26.2 Å². The summed E-state index contributed by atoms with van der Waals surface area (Å²) in [4.78, 5) is 15.2. The minimum Gasteiger partial charge on any atom is -0.356 e. The van der Waals surface area contributed by atoms with Crippen molar-refractivity contribution in [3.63, 3.8) is 0 Å². The van der Waals surface area contributed by atoms with E-state index in [9.17, 15) is 4.39 Å². The molecule has 0 amide bonds. The molecule has 3 rings (SSSR count). The predicted molar refractivity (Wildman–Crippen MR) is 104 cm³/mol. The predicted octanol–water partition coefficient (Wildman–Crippen LogP) is 5.48. The summed E-state index contributed by atoms with van der Waals surface area (Å²) in [6.07, 6.45) is 3.45. The molecule has 2 aromatic rings. The van der Waals surface area contributed by atoms with Crippen molar-refractivity contribution in [2.24, 2.45) is 0 Å². The molecule has 0 radical (unpaired) electrons. The summed E-state index contributed by atoms with van der Waals surface area (Å²) in [7, 11) is 0. The largest absolute Gasteiger partial charge is 0.356 e. The normalized spacial score (nSPS) is 14.4. The molecule has 0 spiro atoms. The molecule has 2 aromatic heterocycles. The van der Waals surface area contributed by atoms with E-state index in [1.807, 2.05) is 6.92 Å². The molecule has 8 heteroatoms. The number of pyridine rings is 1. The van der Waals surface area contributed by atoms with E-state index < -0.39 is 5.82 Å². The second-order valence-electron chi connectivity index (χ2n) is 5.04. The molecule has 24 heavy (non-hydrogen) atoms. The maximum atomic E-state index is 14.4. The van der Waals surface area contributed by atoms with E-state index in [2.05, 4.69) is 48.9 Å². The molecule has 0 aliphatic carbocycles. The number of aromatic nitrogens is 3. The van der Waals surface area contributed by atoms with Gasteiger partial charge in [-0.05, 0) is 40.9 Å². The quantitative estimate of drug-likeness (QED) is 0.277. The van der Waals surface area contributed by atoms with Crippen molar-refractivity contribution >= 4 is 56.0 Å². The molecule has 0 unspecified atom stereocenters. The van der Waals surface area contributed by atoms with E-state index in [0.717, 1.165) is 37.5 Å². The van der Waals surface area contributed by atoms with Crippen LogP contribution in [0.5, 0.6) is 0 Å². The summed E-state index contributed by atoms with van der Waals surface area (Å²) >= 11 is 10.7. The first kappa shape index (κ1) is 19.4. The number of halogens is 3. The van der Waals surface area contributed by atoms with Gasteiger partial charge in [0.25, 0.3) is 0 Å². The van der Waals surface area contributed by atoms with Gasteiger partial charge in [-0.3, -0.25) is 0 Å². The van der Waals surface area contributed by atoms with E-state index in [1.165, 1.54) is 18.2 Å². The van der Waals surface area contributed by atoms with Crippen LogP contribution in [0.3, 0.4) is 0 Å². The van der Waals surface area contributed by atoms with Crippen LogP contribution >= 0.6 is 39.3 Å². The summed E-state index contributed by atoms with van der Waals surface area (Å²) in [5.41, 5.74) is 0.235. The summed E-state index contributed by atoms with van der Waals surface area (Å²) in [5, 5.41) is 1.00. The van der Waals surface area contributed by atoms with Crippen molar-refractivity contribution in [2.75, 3.05) is 23.7 Å². The van der Waals surface area contributed by atoms with Gasteiger partial charge in [-0.1, -0.05) is 30.3 Å². The van der Waals surface area contributed by atoms with E-state index in [-0.39, 0.29) is 10.7 Å². The fourth-order valence-electron chi connectivity index (χ4n) is 2.59. The summed E-state index contributed by atoms with van der Waals surface area (Å²) in [6.45, 7) is 9.85. The van der Waals surface area contributed by atoms with Gasteiger partial charge in [0, 0.05) is 13.1 Å². The zero-order valence-electron chi connectivity index (χ0n) is 13.5. The molecular weight excluding hydrogens is 415 g/mol. The monoisotopic (exact) mass is 432 g/mol. The Bertz CT molecular complexity index is 725. The van der Waals surface area contributed by atoms with Gasteiger partial charge in [-0.2, -0.15) is 0 Å². The van der Waals surface area contributed by atoms with Crippen molar-refractivity contribution < 1.29 is 4.39 Å². The van der Waals surface area contributed by atoms with Gasteiger partial charge < -0.3 is 4.90 Å². The molecule has 0 saturated carbocycles. The van der Waals surface area contributed by atoms with Crippen LogP contribution in [0, 0.1) is 5.82 Å². The zero-order valence-corrected chi connectivity index (χ0v) is 16.6. The van der Waals surface area contributed by atoms with Crippen LogP contribution in [0.2, 0.25) is 5.15 Å². The molecule has 1 aliphatic rings. The van der Waals surface area contributed by atoms with Gasteiger partial charge in [0.05, 0.1) is 5.39 Å². The average molecular weight is 434 g/mol. The van der Waals surface area contributed by atoms with E-state index >= 15 is 0 Å². The minimum absolute atomic E-state index is 0.171. The molecule has 0 bridgehead atoms. The van der Waals surface area contributed by atoms with Crippen molar-refractivity contribution in [2.45, 2.75) is 31.3 Å². The Kier molecular flexibility index (Phi) is 7.25. The lowest BCUT2D eigenvalue weighted by Gasteiger charge is -2.29. The molecule has 4 nitrogen and oxygen atoms in total. The molecule has 1 aliphatic heterocycles. The Morgan fingerprint density at radius 1 is 1.21 bits per heavy atom.